The summed E-state index contributed by atoms with van der Waals surface area (Å²) in [5, 5.41) is 3.99. The summed E-state index contributed by atoms with van der Waals surface area (Å²) in [7, 11) is 0. The highest BCUT2D eigenvalue weighted by atomic mass is 16.5. The Hall–Kier alpha value is -1.62. The molecule has 0 amide bonds. The van der Waals surface area contributed by atoms with Gasteiger partial charge in [0.2, 0.25) is 11.7 Å². The Bertz CT molecular complexity index is 546. The second-order valence-electron chi connectivity index (χ2n) is 5.36. The van der Waals surface area contributed by atoms with Gasteiger partial charge < -0.3 is 14.7 Å². The van der Waals surface area contributed by atoms with Crippen LogP contribution < -0.4 is 5.73 Å². The van der Waals surface area contributed by atoms with E-state index in [1.807, 2.05) is 13.0 Å². The summed E-state index contributed by atoms with van der Waals surface area (Å²) < 4.78 is 10.7. The Morgan fingerprint density at radius 1 is 1.37 bits per heavy atom. The lowest BCUT2D eigenvalue weighted by molar-refractivity contribution is 0.273. The van der Waals surface area contributed by atoms with Crippen LogP contribution in [0.4, 0.5) is 0 Å². The molecule has 5 heteroatoms. The van der Waals surface area contributed by atoms with Crippen LogP contribution in [0.25, 0.3) is 11.6 Å². The first-order valence-electron chi connectivity index (χ1n) is 6.86. The fraction of sp³-hybridized carbons (Fsp3) is 0.571. The molecule has 0 aromatic carbocycles. The number of nitrogens with two attached hydrogens (primary N) is 1. The van der Waals surface area contributed by atoms with Gasteiger partial charge >= 0.3 is 0 Å². The largest absolute Gasteiger partial charge is 0.461 e. The molecule has 0 bridgehead atoms. The van der Waals surface area contributed by atoms with E-state index in [1.54, 1.807) is 6.26 Å². The Labute approximate surface area is 112 Å². The number of aromatic nitrogens is 2. The minimum absolute atomic E-state index is 0.259. The molecule has 2 N–H and O–H groups in total. The maximum atomic E-state index is 6.14. The van der Waals surface area contributed by atoms with Gasteiger partial charge in [0.1, 0.15) is 0 Å². The van der Waals surface area contributed by atoms with Gasteiger partial charge in [-0.1, -0.05) is 18.0 Å². The van der Waals surface area contributed by atoms with E-state index < -0.39 is 0 Å². The van der Waals surface area contributed by atoms with E-state index in [2.05, 4.69) is 10.1 Å². The number of nitrogens with zero attached hydrogens (tertiary/aromatic N) is 2. The van der Waals surface area contributed by atoms with Crippen LogP contribution in [0.5, 0.6) is 0 Å². The van der Waals surface area contributed by atoms with Crippen molar-refractivity contribution >= 4 is 0 Å². The molecule has 1 saturated carbocycles. The number of rotatable bonds is 3. The molecule has 2 heterocycles. The van der Waals surface area contributed by atoms with E-state index in [9.17, 15) is 0 Å². The quantitative estimate of drug-likeness (QED) is 0.919. The molecule has 0 radical (unpaired) electrons. The van der Waals surface area contributed by atoms with Gasteiger partial charge in [0.25, 0.3) is 0 Å². The summed E-state index contributed by atoms with van der Waals surface area (Å²) in [4.78, 5) is 4.42. The first-order chi connectivity index (χ1) is 9.24. The number of hydrogen-bond donors (Lipinski definition) is 1. The van der Waals surface area contributed by atoms with Crippen LogP contribution in [0, 0.1) is 12.8 Å². The monoisotopic (exact) mass is 261 g/mol. The van der Waals surface area contributed by atoms with E-state index >= 15 is 0 Å². The summed E-state index contributed by atoms with van der Waals surface area (Å²) in [5.41, 5.74) is 7.16. The fourth-order valence-electron chi connectivity index (χ4n) is 2.75. The summed E-state index contributed by atoms with van der Waals surface area (Å²) in [6.45, 7) is 1.96. The highest BCUT2D eigenvalue weighted by molar-refractivity contribution is 5.50. The maximum Gasteiger partial charge on any atom is 0.238 e. The molecule has 0 aliphatic heterocycles. The van der Waals surface area contributed by atoms with Crippen LogP contribution in [0.3, 0.4) is 0 Å². The van der Waals surface area contributed by atoms with Crippen molar-refractivity contribution in [1.29, 1.82) is 0 Å². The molecule has 2 aromatic heterocycles. The standard InChI is InChI=1S/C14H19N3O2/c1-9-6-7-18-13(9)14-16-12(19-17-14)8-10-4-2-3-5-11(10)15/h6-7,10-11H,2-5,8,15H2,1H3. The minimum Gasteiger partial charge on any atom is -0.461 e. The molecule has 2 aromatic rings. The van der Waals surface area contributed by atoms with Crippen molar-refractivity contribution in [2.45, 2.75) is 45.1 Å². The maximum absolute atomic E-state index is 6.14. The van der Waals surface area contributed by atoms with Gasteiger partial charge in [0, 0.05) is 12.5 Å². The van der Waals surface area contributed by atoms with Crippen LogP contribution in [0.15, 0.2) is 21.3 Å². The van der Waals surface area contributed by atoms with Crippen molar-refractivity contribution < 1.29 is 8.94 Å². The molecule has 2 atom stereocenters. The molecule has 19 heavy (non-hydrogen) atoms. The zero-order valence-corrected chi connectivity index (χ0v) is 11.1. The summed E-state index contributed by atoms with van der Waals surface area (Å²) in [6, 6.07) is 2.15. The Balaban J connectivity index is 1.73. The molecule has 0 spiro atoms. The van der Waals surface area contributed by atoms with Crippen LogP contribution >= 0.6 is 0 Å². The van der Waals surface area contributed by atoms with Gasteiger partial charge in [0.15, 0.2) is 5.76 Å². The Morgan fingerprint density at radius 2 is 2.21 bits per heavy atom. The average Bonchev–Trinajstić information content (AvgIpc) is 3.01. The molecular weight excluding hydrogens is 242 g/mol. The lowest BCUT2D eigenvalue weighted by atomic mass is 9.83. The zero-order chi connectivity index (χ0) is 13.2. The van der Waals surface area contributed by atoms with Gasteiger partial charge in [0.05, 0.1) is 6.26 Å². The molecule has 102 valence electrons. The first-order valence-corrected chi connectivity index (χ1v) is 6.86. The van der Waals surface area contributed by atoms with Crippen LogP contribution in [0.2, 0.25) is 0 Å². The van der Waals surface area contributed by atoms with Crippen LogP contribution in [0.1, 0.15) is 37.1 Å². The summed E-state index contributed by atoms with van der Waals surface area (Å²) >= 11 is 0. The van der Waals surface area contributed by atoms with Crippen molar-refractivity contribution in [2.24, 2.45) is 11.7 Å². The number of furan rings is 1. The SMILES string of the molecule is Cc1ccoc1-c1noc(CC2CCCCC2N)n1. The van der Waals surface area contributed by atoms with Crippen molar-refractivity contribution in [3.8, 4) is 11.6 Å². The lowest BCUT2D eigenvalue weighted by Crippen LogP contribution is -2.34. The third kappa shape index (κ3) is 2.56. The van der Waals surface area contributed by atoms with E-state index in [1.165, 1.54) is 12.8 Å². The van der Waals surface area contributed by atoms with E-state index in [0.717, 1.165) is 24.8 Å². The molecule has 1 aliphatic carbocycles. The van der Waals surface area contributed by atoms with Crippen LogP contribution in [-0.2, 0) is 6.42 Å². The van der Waals surface area contributed by atoms with Crippen LogP contribution in [-0.4, -0.2) is 16.2 Å². The van der Waals surface area contributed by atoms with E-state index in [4.69, 9.17) is 14.7 Å². The summed E-state index contributed by atoms with van der Waals surface area (Å²) in [5.74, 6) is 2.33. The normalized spacial score (nSPS) is 23.7. The highest BCUT2D eigenvalue weighted by Gasteiger charge is 2.24. The Kier molecular flexibility index (Phi) is 3.38. The minimum atomic E-state index is 0.259. The topological polar surface area (TPSA) is 78.1 Å². The predicted octanol–water partition coefficient (Wildman–Crippen LogP) is 2.70. The summed E-state index contributed by atoms with van der Waals surface area (Å²) in [6.07, 6.45) is 7.14. The smallest absolute Gasteiger partial charge is 0.238 e. The molecular formula is C14H19N3O2. The number of hydrogen-bond acceptors (Lipinski definition) is 5. The molecule has 5 nitrogen and oxygen atoms in total. The second kappa shape index (κ2) is 5.17. The van der Waals surface area contributed by atoms with Crippen molar-refractivity contribution in [1.82, 2.24) is 10.1 Å². The lowest BCUT2D eigenvalue weighted by Gasteiger charge is -2.27. The van der Waals surface area contributed by atoms with Crippen molar-refractivity contribution in [3.05, 3.63) is 23.8 Å². The second-order valence-corrected chi connectivity index (χ2v) is 5.36. The molecule has 3 rings (SSSR count). The Morgan fingerprint density at radius 3 is 2.95 bits per heavy atom. The van der Waals surface area contributed by atoms with Crippen molar-refractivity contribution in [2.75, 3.05) is 0 Å². The third-order valence-electron chi connectivity index (χ3n) is 3.94. The van der Waals surface area contributed by atoms with Gasteiger partial charge in [-0.25, -0.2) is 0 Å². The van der Waals surface area contributed by atoms with Gasteiger partial charge in [-0.05, 0) is 37.3 Å². The third-order valence-corrected chi connectivity index (χ3v) is 3.94. The highest BCUT2D eigenvalue weighted by Crippen LogP contribution is 2.27. The molecule has 2 unspecified atom stereocenters. The molecule has 1 aliphatic rings. The zero-order valence-electron chi connectivity index (χ0n) is 11.1. The van der Waals surface area contributed by atoms with Crippen molar-refractivity contribution in [3.63, 3.8) is 0 Å². The van der Waals surface area contributed by atoms with Gasteiger partial charge in [-0.15, -0.1) is 0 Å². The predicted molar refractivity (Wildman–Crippen MR) is 70.4 cm³/mol. The van der Waals surface area contributed by atoms with E-state index in [0.29, 0.717) is 23.4 Å². The fourth-order valence-corrected chi connectivity index (χ4v) is 2.75. The van der Waals surface area contributed by atoms with Gasteiger partial charge in [-0.2, -0.15) is 4.98 Å². The number of aryl methyl sites for hydroxylation is 1. The molecule has 0 saturated heterocycles. The van der Waals surface area contributed by atoms with E-state index in [-0.39, 0.29) is 6.04 Å². The first kappa shape index (κ1) is 12.4. The average molecular weight is 261 g/mol. The van der Waals surface area contributed by atoms with Gasteiger partial charge in [-0.3, -0.25) is 0 Å². The molecule has 1 fully saturated rings.